The molecular weight excluding hydrogens is 246 g/mol. The van der Waals surface area contributed by atoms with E-state index in [1.807, 2.05) is 48.7 Å². The van der Waals surface area contributed by atoms with Gasteiger partial charge in [-0.05, 0) is 42.5 Å². The number of hydrogen-bond acceptors (Lipinski definition) is 1. The second-order valence-electron chi connectivity index (χ2n) is 4.06. The Balaban J connectivity index is 2.16. The molecule has 3 rings (SSSR count). The molecule has 0 N–H and O–H groups in total. The summed E-state index contributed by atoms with van der Waals surface area (Å²) in [5.74, 6) is 0.855. The van der Waals surface area contributed by atoms with E-state index >= 15 is 0 Å². The molecule has 18 heavy (non-hydrogen) atoms. The van der Waals surface area contributed by atoms with Crippen LogP contribution in [0, 0.1) is 0 Å². The normalized spacial score (nSPS) is 10.8. The van der Waals surface area contributed by atoms with Crippen LogP contribution in [0.2, 0.25) is 5.02 Å². The molecule has 0 aliphatic heterocycles. The number of ether oxygens (including phenoxy) is 1. The van der Waals surface area contributed by atoms with Gasteiger partial charge in [-0.3, -0.25) is 0 Å². The average Bonchev–Trinajstić information content (AvgIpc) is 2.84. The first-order valence-electron chi connectivity index (χ1n) is 5.69. The SMILES string of the molecule is COc1ccc(-n2ccc3c(Cl)cccc32)cc1. The topological polar surface area (TPSA) is 14.2 Å². The minimum Gasteiger partial charge on any atom is -0.497 e. The van der Waals surface area contributed by atoms with Gasteiger partial charge in [0.15, 0.2) is 0 Å². The summed E-state index contributed by atoms with van der Waals surface area (Å²) < 4.78 is 7.27. The molecule has 0 radical (unpaired) electrons. The average molecular weight is 258 g/mol. The third-order valence-electron chi connectivity index (χ3n) is 3.03. The Kier molecular flexibility index (Phi) is 2.73. The molecule has 0 aliphatic rings. The Morgan fingerprint density at radius 3 is 2.50 bits per heavy atom. The Hall–Kier alpha value is -1.93. The van der Waals surface area contributed by atoms with Gasteiger partial charge in [-0.25, -0.2) is 0 Å². The van der Waals surface area contributed by atoms with E-state index in [1.54, 1.807) is 7.11 Å². The number of nitrogens with zero attached hydrogens (tertiary/aromatic N) is 1. The highest BCUT2D eigenvalue weighted by molar-refractivity contribution is 6.35. The standard InChI is InChI=1S/C15H12ClNO/c1-18-12-7-5-11(6-8-12)17-10-9-13-14(16)3-2-4-15(13)17/h2-10H,1H3. The van der Waals surface area contributed by atoms with Crippen molar-refractivity contribution in [2.24, 2.45) is 0 Å². The molecule has 0 aliphatic carbocycles. The van der Waals surface area contributed by atoms with Crippen molar-refractivity contribution in [2.45, 2.75) is 0 Å². The lowest BCUT2D eigenvalue weighted by molar-refractivity contribution is 0.415. The maximum Gasteiger partial charge on any atom is 0.119 e. The summed E-state index contributed by atoms with van der Waals surface area (Å²) in [4.78, 5) is 0. The first-order chi connectivity index (χ1) is 8.79. The third-order valence-corrected chi connectivity index (χ3v) is 3.36. The molecule has 0 atom stereocenters. The zero-order valence-corrected chi connectivity index (χ0v) is 10.7. The second-order valence-corrected chi connectivity index (χ2v) is 4.46. The highest BCUT2D eigenvalue weighted by atomic mass is 35.5. The minimum atomic E-state index is 0.778. The summed E-state index contributed by atoms with van der Waals surface area (Å²) in [6.45, 7) is 0. The van der Waals surface area contributed by atoms with Crippen LogP contribution >= 0.6 is 11.6 Å². The van der Waals surface area contributed by atoms with Crippen molar-refractivity contribution < 1.29 is 4.74 Å². The fraction of sp³-hybridized carbons (Fsp3) is 0.0667. The van der Waals surface area contributed by atoms with Crippen molar-refractivity contribution in [1.82, 2.24) is 4.57 Å². The summed E-state index contributed by atoms with van der Waals surface area (Å²) in [5.41, 5.74) is 2.20. The van der Waals surface area contributed by atoms with E-state index in [1.165, 1.54) is 0 Å². The number of hydrogen-bond donors (Lipinski definition) is 0. The molecule has 0 amide bonds. The molecule has 1 aromatic heterocycles. The molecule has 0 unspecified atom stereocenters. The summed E-state index contributed by atoms with van der Waals surface area (Å²) in [6, 6.07) is 15.9. The van der Waals surface area contributed by atoms with Crippen LogP contribution in [-0.4, -0.2) is 11.7 Å². The zero-order valence-electron chi connectivity index (χ0n) is 9.93. The third kappa shape index (κ3) is 1.75. The molecule has 3 aromatic rings. The number of rotatable bonds is 2. The van der Waals surface area contributed by atoms with Crippen LogP contribution in [0.3, 0.4) is 0 Å². The lowest BCUT2D eigenvalue weighted by atomic mass is 10.2. The molecule has 3 heteroatoms. The van der Waals surface area contributed by atoms with E-state index in [9.17, 15) is 0 Å². The minimum absolute atomic E-state index is 0.778. The van der Waals surface area contributed by atoms with Crippen LogP contribution in [-0.2, 0) is 0 Å². The number of benzene rings is 2. The highest BCUT2D eigenvalue weighted by Gasteiger charge is 2.05. The van der Waals surface area contributed by atoms with Crippen molar-refractivity contribution in [3.63, 3.8) is 0 Å². The van der Waals surface area contributed by atoms with Crippen LogP contribution < -0.4 is 4.74 Å². The van der Waals surface area contributed by atoms with Crippen LogP contribution in [0.4, 0.5) is 0 Å². The van der Waals surface area contributed by atoms with Gasteiger partial charge >= 0.3 is 0 Å². The van der Waals surface area contributed by atoms with Crippen LogP contribution in [0.25, 0.3) is 16.6 Å². The molecule has 2 nitrogen and oxygen atoms in total. The number of aromatic nitrogens is 1. The van der Waals surface area contributed by atoms with Crippen molar-refractivity contribution in [2.75, 3.05) is 7.11 Å². The predicted octanol–water partition coefficient (Wildman–Crippen LogP) is 4.29. The van der Waals surface area contributed by atoms with Crippen molar-refractivity contribution in [3.8, 4) is 11.4 Å². The Morgan fingerprint density at radius 2 is 1.78 bits per heavy atom. The van der Waals surface area contributed by atoms with Gasteiger partial charge in [0, 0.05) is 22.3 Å². The molecule has 90 valence electrons. The van der Waals surface area contributed by atoms with Crippen LogP contribution in [0.1, 0.15) is 0 Å². The largest absolute Gasteiger partial charge is 0.497 e. The summed E-state index contributed by atoms with van der Waals surface area (Å²) >= 11 is 6.17. The molecule has 0 saturated carbocycles. The Labute approximate surface area is 110 Å². The van der Waals surface area contributed by atoms with Gasteiger partial charge in [0.1, 0.15) is 5.75 Å². The number of fused-ring (bicyclic) bond motifs is 1. The summed E-state index contributed by atoms with van der Waals surface area (Å²) in [5, 5.41) is 1.84. The van der Waals surface area contributed by atoms with E-state index in [2.05, 4.69) is 10.6 Å². The van der Waals surface area contributed by atoms with Gasteiger partial charge in [0.25, 0.3) is 0 Å². The number of halogens is 1. The van der Waals surface area contributed by atoms with Gasteiger partial charge in [0.05, 0.1) is 12.6 Å². The number of methoxy groups -OCH3 is 1. The van der Waals surface area contributed by atoms with Crippen molar-refractivity contribution in [1.29, 1.82) is 0 Å². The fourth-order valence-electron chi connectivity index (χ4n) is 2.10. The molecule has 2 aromatic carbocycles. The van der Waals surface area contributed by atoms with Crippen LogP contribution in [0.5, 0.6) is 5.75 Å². The fourth-order valence-corrected chi connectivity index (χ4v) is 2.33. The van der Waals surface area contributed by atoms with Gasteiger partial charge in [-0.1, -0.05) is 17.7 Å². The monoisotopic (exact) mass is 257 g/mol. The lowest BCUT2D eigenvalue weighted by Gasteiger charge is -2.07. The maximum absolute atomic E-state index is 6.17. The summed E-state index contributed by atoms with van der Waals surface area (Å²) in [7, 11) is 1.67. The van der Waals surface area contributed by atoms with E-state index < -0.39 is 0 Å². The molecule has 0 bridgehead atoms. The molecule has 0 saturated heterocycles. The van der Waals surface area contributed by atoms with E-state index in [0.717, 1.165) is 27.4 Å². The van der Waals surface area contributed by atoms with Crippen molar-refractivity contribution in [3.05, 3.63) is 59.8 Å². The van der Waals surface area contributed by atoms with E-state index in [4.69, 9.17) is 16.3 Å². The smallest absolute Gasteiger partial charge is 0.119 e. The van der Waals surface area contributed by atoms with E-state index in [0.29, 0.717) is 0 Å². The van der Waals surface area contributed by atoms with Gasteiger partial charge in [-0.15, -0.1) is 0 Å². The second kappa shape index (κ2) is 4.39. The predicted molar refractivity (Wildman–Crippen MR) is 74.8 cm³/mol. The van der Waals surface area contributed by atoms with Crippen molar-refractivity contribution >= 4 is 22.5 Å². The van der Waals surface area contributed by atoms with Crippen LogP contribution in [0.15, 0.2) is 54.7 Å². The molecular formula is C15H12ClNO. The molecule has 1 heterocycles. The summed E-state index contributed by atoms with van der Waals surface area (Å²) in [6.07, 6.45) is 2.03. The van der Waals surface area contributed by atoms with Gasteiger partial charge < -0.3 is 9.30 Å². The molecule has 0 fully saturated rings. The zero-order chi connectivity index (χ0) is 12.5. The quantitative estimate of drug-likeness (QED) is 0.668. The van der Waals surface area contributed by atoms with E-state index in [-0.39, 0.29) is 0 Å². The first kappa shape index (κ1) is 11.2. The Bertz CT molecular complexity index is 685. The molecule has 0 spiro atoms. The maximum atomic E-state index is 6.17. The Morgan fingerprint density at radius 1 is 1.00 bits per heavy atom. The van der Waals surface area contributed by atoms with Gasteiger partial charge in [-0.2, -0.15) is 0 Å². The highest BCUT2D eigenvalue weighted by Crippen LogP contribution is 2.27. The first-order valence-corrected chi connectivity index (χ1v) is 6.07. The van der Waals surface area contributed by atoms with Gasteiger partial charge in [0.2, 0.25) is 0 Å². The lowest BCUT2D eigenvalue weighted by Crippen LogP contribution is -1.91.